The second kappa shape index (κ2) is 3.44. The number of nitrogens with zero attached hydrogens (tertiary/aromatic N) is 1. The first kappa shape index (κ1) is 8.86. The van der Waals surface area contributed by atoms with Gasteiger partial charge in [0.25, 0.3) is 0 Å². The van der Waals surface area contributed by atoms with Gasteiger partial charge in [-0.2, -0.15) is 8.42 Å². The van der Waals surface area contributed by atoms with Crippen LogP contribution in [0.2, 0.25) is 0 Å². The number of rotatable bonds is 1. The van der Waals surface area contributed by atoms with Gasteiger partial charge >= 0.3 is 10.5 Å². The van der Waals surface area contributed by atoms with Crippen molar-refractivity contribution in [3.63, 3.8) is 0 Å². The largest absolute Gasteiger partial charge is 0.316 e. The molecule has 0 bridgehead atoms. The van der Waals surface area contributed by atoms with Gasteiger partial charge in [0.15, 0.2) is 0 Å². The van der Waals surface area contributed by atoms with Crippen molar-refractivity contribution in [1.82, 2.24) is 0 Å². The molecule has 1 aromatic rings. The van der Waals surface area contributed by atoms with Gasteiger partial charge in [-0.05, 0) is 24.6 Å². The van der Waals surface area contributed by atoms with E-state index in [0.717, 1.165) is 5.56 Å². The van der Waals surface area contributed by atoms with Crippen LogP contribution < -0.4 is 0 Å². The van der Waals surface area contributed by atoms with Gasteiger partial charge in [0.05, 0.1) is 0 Å². The predicted molar refractivity (Wildman–Crippen MR) is 42.1 cm³/mol. The van der Waals surface area contributed by atoms with Gasteiger partial charge in [0.2, 0.25) is 0 Å². The SMILES string of the molecule is Cc1ccc(N=S(=O)=O)c(F)c1. The van der Waals surface area contributed by atoms with Crippen LogP contribution in [0, 0.1) is 12.7 Å². The van der Waals surface area contributed by atoms with E-state index in [1.54, 1.807) is 13.0 Å². The molecule has 0 radical (unpaired) electrons. The summed E-state index contributed by atoms with van der Waals surface area (Å²) in [6.07, 6.45) is 0. The standard InChI is InChI=1S/C7H6FNO2S/c1-5-2-3-7(6(8)4-5)9-12(10)11/h2-4H,1H3. The fraction of sp³-hybridized carbons (Fsp3) is 0.143. The average molecular weight is 187 g/mol. The number of hydrogen-bond donors (Lipinski definition) is 0. The maximum absolute atomic E-state index is 12.8. The van der Waals surface area contributed by atoms with Crippen LogP contribution in [0.4, 0.5) is 10.1 Å². The Bertz CT molecular complexity index is 417. The molecule has 5 heteroatoms. The van der Waals surface area contributed by atoms with Crippen LogP contribution in [0.15, 0.2) is 22.6 Å². The molecule has 64 valence electrons. The highest BCUT2D eigenvalue weighted by atomic mass is 32.2. The maximum atomic E-state index is 12.8. The van der Waals surface area contributed by atoms with Crippen LogP contribution >= 0.6 is 0 Å². The third kappa shape index (κ3) is 2.13. The molecule has 0 saturated heterocycles. The Kier molecular flexibility index (Phi) is 2.54. The van der Waals surface area contributed by atoms with E-state index in [-0.39, 0.29) is 5.69 Å². The molecule has 0 fully saturated rings. The third-order valence-corrected chi connectivity index (χ3v) is 1.62. The Morgan fingerprint density at radius 1 is 1.42 bits per heavy atom. The molecule has 0 aromatic heterocycles. The molecule has 12 heavy (non-hydrogen) atoms. The van der Waals surface area contributed by atoms with Gasteiger partial charge in [-0.25, -0.2) is 4.39 Å². The van der Waals surface area contributed by atoms with Crippen molar-refractivity contribution in [1.29, 1.82) is 0 Å². The molecule has 0 aliphatic heterocycles. The zero-order chi connectivity index (χ0) is 9.14. The van der Waals surface area contributed by atoms with E-state index in [0.29, 0.717) is 0 Å². The minimum absolute atomic E-state index is 0.158. The Balaban J connectivity index is 3.28. The minimum Gasteiger partial charge on any atom is -0.205 e. The first-order valence-corrected chi connectivity index (χ1v) is 4.20. The van der Waals surface area contributed by atoms with Crippen molar-refractivity contribution in [2.24, 2.45) is 4.36 Å². The van der Waals surface area contributed by atoms with E-state index in [9.17, 15) is 12.8 Å². The van der Waals surface area contributed by atoms with E-state index < -0.39 is 16.3 Å². The molecule has 0 spiro atoms. The van der Waals surface area contributed by atoms with Gasteiger partial charge in [-0.15, -0.1) is 4.36 Å². The summed E-state index contributed by atoms with van der Waals surface area (Å²) in [7, 11) is -2.60. The molecule has 0 amide bonds. The van der Waals surface area contributed by atoms with Crippen molar-refractivity contribution in [2.45, 2.75) is 6.92 Å². The Morgan fingerprint density at radius 2 is 2.08 bits per heavy atom. The van der Waals surface area contributed by atoms with Crippen LogP contribution in [-0.2, 0) is 10.5 Å². The highest BCUT2D eigenvalue weighted by Crippen LogP contribution is 2.17. The summed E-state index contributed by atoms with van der Waals surface area (Å²) >= 11 is 0. The lowest BCUT2D eigenvalue weighted by atomic mass is 10.2. The van der Waals surface area contributed by atoms with E-state index >= 15 is 0 Å². The van der Waals surface area contributed by atoms with Gasteiger partial charge in [0.1, 0.15) is 11.5 Å². The summed E-state index contributed by atoms with van der Waals surface area (Å²) in [5, 5.41) is 0. The lowest BCUT2D eigenvalue weighted by Gasteiger charge is -1.94. The summed E-state index contributed by atoms with van der Waals surface area (Å²) in [6, 6.07) is 4.14. The van der Waals surface area contributed by atoms with E-state index in [1.165, 1.54) is 12.1 Å². The van der Waals surface area contributed by atoms with Gasteiger partial charge < -0.3 is 0 Å². The summed E-state index contributed by atoms with van der Waals surface area (Å²) in [5.74, 6) is -0.626. The summed E-state index contributed by atoms with van der Waals surface area (Å²) < 4.78 is 36.0. The highest BCUT2D eigenvalue weighted by Gasteiger charge is 1.99. The molecular weight excluding hydrogens is 181 g/mol. The second-order valence-electron chi connectivity index (χ2n) is 2.26. The molecule has 0 atom stereocenters. The summed E-state index contributed by atoms with van der Waals surface area (Å²) in [4.78, 5) is 0. The Morgan fingerprint density at radius 3 is 2.58 bits per heavy atom. The minimum atomic E-state index is -2.60. The Hall–Kier alpha value is -1.23. The number of halogens is 1. The fourth-order valence-electron chi connectivity index (χ4n) is 0.766. The molecule has 1 rings (SSSR count). The van der Waals surface area contributed by atoms with Crippen molar-refractivity contribution in [3.8, 4) is 0 Å². The first-order chi connectivity index (χ1) is 5.59. The van der Waals surface area contributed by atoms with Crippen LogP contribution in [0.5, 0.6) is 0 Å². The number of hydrogen-bond acceptors (Lipinski definition) is 3. The average Bonchev–Trinajstić information content (AvgIpc) is 1.94. The zero-order valence-corrected chi connectivity index (χ0v) is 7.10. The molecule has 0 aliphatic carbocycles. The first-order valence-electron chi connectivity index (χ1n) is 3.17. The van der Waals surface area contributed by atoms with Crippen molar-refractivity contribution >= 4 is 16.2 Å². The quantitative estimate of drug-likeness (QED) is 0.673. The smallest absolute Gasteiger partial charge is 0.205 e. The van der Waals surface area contributed by atoms with Crippen LogP contribution in [0.25, 0.3) is 0 Å². The van der Waals surface area contributed by atoms with Crippen molar-refractivity contribution < 1.29 is 12.8 Å². The van der Waals surface area contributed by atoms with E-state index in [4.69, 9.17) is 0 Å². The predicted octanol–water partition coefficient (Wildman–Crippen LogP) is 1.83. The fourth-order valence-corrected chi connectivity index (χ4v) is 1.07. The van der Waals surface area contributed by atoms with Crippen LogP contribution in [0.3, 0.4) is 0 Å². The lowest BCUT2D eigenvalue weighted by Crippen LogP contribution is -1.77. The molecule has 1 aromatic carbocycles. The van der Waals surface area contributed by atoms with Gasteiger partial charge in [-0.1, -0.05) is 6.07 Å². The molecular formula is C7H6FNO2S. The van der Waals surface area contributed by atoms with Crippen LogP contribution in [0.1, 0.15) is 5.56 Å². The maximum Gasteiger partial charge on any atom is 0.316 e. The zero-order valence-electron chi connectivity index (χ0n) is 6.28. The highest BCUT2D eigenvalue weighted by molar-refractivity contribution is 7.61. The van der Waals surface area contributed by atoms with Crippen LogP contribution in [-0.4, -0.2) is 8.42 Å². The molecule has 0 heterocycles. The molecule has 0 aliphatic rings. The normalized spacial score (nSPS) is 9.50. The van der Waals surface area contributed by atoms with Gasteiger partial charge in [0, 0.05) is 0 Å². The molecule has 0 saturated carbocycles. The third-order valence-electron chi connectivity index (χ3n) is 1.28. The van der Waals surface area contributed by atoms with Crippen molar-refractivity contribution in [3.05, 3.63) is 29.6 Å². The summed E-state index contributed by atoms with van der Waals surface area (Å²) in [5.41, 5.74) is 0.567. The summed E-state index contributed by atoms with van der Waals surface area (Å²) in [6.45, 7) is 1.71. The van der Waals surface area contributed by atoms with Gasteiger partial charge in [-0.3, -0.25) is 0 Å². The number of aryl methyl sites for hydroxylation is 1. The molecule has 3 nitrogen and oxygen atoms in total. The lowest BCUT2D eigenvalue weighted by molar-refractivity contribution is 0.616. The molecule has 0 N–H and O–H groups in total. The Labute approximate surface area is 70.6 Å². The second-order valence-corrected chi connectivity index (χ2v) is 2.88. The van der Waals surface area contributed by atoms with E-state index in [2.05, 4.69) is 4.36 Å². The topological polar surface area (TPSA) is 46.5 Å². The molecule has 0 unspecified atom stereocenters. The van der Waals surface area contributed by atoms with Crippen molar-refractivity contribution in [2.75, 3.05) is 0 Å². The van der Waals surface area contributed by atoms with E-state index in [1.807, 2.05) is 0 Å². The monoisotopic (exact) mass is 187 g/mol. The number of benzene rings is 1.